The van der Waals surface area contributed by atoms with Crippen LogP contribution in [-0.2, 0) is 50.4 Å². The van der Waals surface area contributed by atoms with Crippen molar-refractivity contribution in [2.24, 2.45) is 0 Å². The highest BCUT2D eigenvalue weighted by Crippen LogP contribution is 2.43. The van der Waals surface area contributed by atoms with Gasteiger partial charge in [0.25, 0.3) is 10.0 Å². The molecule has 2 N–H and O–H groups in total. The smallest absolute Gasteiger partial charge is 0.326 e. The maximum atomic E-state index is 14.8. The quantitative estimate of drug-likeness (QED) is 0.101. The molecule has 2 aliphatic heterocycles. The average Bonchev–Trinajstić information content (AvgIpc) is 3.83. The van der Waals surface area contributed by atoms with Gasteiger partial charge in [-0.2, -0.15) is 9.57 Å². The SMILES string of the molecule is CC(=O)CN(C)c1ncsc1S(=O)(=O)N1Cc2cc3c(cc2CC1C(=O)NC(Cc1ccc(-c2ccc(C#N)cc2)cc1)C(=O)O)OCC(c1ccc(OCc2ccc(Cl)c(Cl)c2)cc1)O3. The summed E-state index contributed by atoms with van der Waals surface area (Å²) in [5.74, 6) is -0.878. The largest absolute Gasteiger partial charge is 0.489 e. The fourth-order valence-electron chi connectivity index (χ4n) is 7.79. The van der Waals surface area contributed by atoms with Crippen LogP contribution < -0.4 is 24.4 Å². The molecular weight excluding hydrogens is 926 g/mol. The van der Waals surface area contributed by atoms with Crippen LogP contribution >= 0.6 is 34.5 Å². The van der Waals surface area contributed by atoms with Crippen LogP contribution in [0.5, 0.6) is 17.2 Å². The Balaban J connectivity index is 1.03. The number of sulfonamides is 1. The van der Waals surface area contributed by atoms with Crippen molar-refractivity contribution in [1.82, 2.24) is 14.6 Å². The lowest BCUT2D eigenvalue weighted by Crippen LogP contribution is -2.55. The monoisotopic (exact) mass is 965 g/mol. The molecule has 0 radical (unpaired) electrons. The summed E-state index contributed by atoms with van der Waals surface area (Å²) in [6.07, 6.45) is -0.723. The van der Waals surface area contributed by atoms with E-state index in [0.29, 0.717) is 49.5 Å². The van der Waals surface area contributed by atoms with Crippen LogP contribution in [0.2, 0.25) is 10.0 Å². The van der Waals surface area contributed by atoms with Crippen LogP contribution in [0.15, 0.2) is 113 Å². The Morgan fingerprint density at radius 2 is 1.64 bits per heavy atom. The molecule has 18 heteroatoms. The summed E-state index contributed by atoms with van der Waals surface area (Å²) in [6.45, 7) is 1.45. The second kappa shape index (κ2) is 19.5. The van der Waals surface area contributed by atoms with Gasteiger partial charge < -0.3 is 29.5 Å². The zero-order valence-corrected chi connectivity index (χ0v) is 38.6. The predicted molar refractivity (Wildman–Crippen MR) is 249 cm³/mol. The predicted octanol–water partition coefficient (Wildman–Crippen LogP) is 8.03. The number of ether oxygens (including phenoxy) is 3. The van der Waals surface area contributed by atoms with E-state index in [2.05, 4.69) is 16.4 Å². The van der Waals surface area contributed by atoms with Crippen molar-refractivity contribution in [3.63, 3.8) is 0 Å². The van der Waals surface area contributed by atoms with Crippen LogP contribution in [-0.4, -0.2) is 72.8 Å². The molecule has 66 heavy (non-hydrogen) atoms. The molecule has 1 amide bonds. The zero-order valence-electron chi connectivity index (χ0n) is 35.4. The average molecular weight is 967 g/mol. The van der Waals surface area contributed by atoms with Gasteiger partial charge >= 0.3 is 5.97 Å². The topological polar surface area (TPSA) is 188 Å². The standard InChI is InChI=1S/C48H41Cl2N5O9S2/c1-28(56)23-54(2)45-48(65-27-52-45)66(60,61)55-24-36-21-43-42(63-26-44(64-43)34-12-14-37(15-13-34)62-25-31-7-16-38(49)39(50)17-31)20-35(36)19-41(55)46(57)53-40(47(58)59)18-29-3-8-32(9-4-29)33-10-5-30(22-51)6-11-33/h3-17,20-21,27,40-41,44H,18-19,23-26H2,1-2H3,(H,53,57)(H,58,59). The summed E-state index contributed by atoms with van der Waals surface area (Å²) in [5.41, 5.74) is 7.05. The number of carbonyl (C=O) groups excluding carboxylic acids is 2. The molecule has 3 atom stereocenters. The van der Waals surface area contributed by atoms with Crippen molar-refractivity contribution < 1.29 is 42.1 Å². The number of aliphatic carboxylic acids is 1. The number of carboxylic acid groups (broad SMARTS) is 1. The second-order valence-electron chi connectivity index (χ2n) is 15.9. The lowest BCUT2D eigenvalue weighted by atomic mass is 9.94. The van der Waals surface area contributed by atoms with Gasteiger partial charge in [-0.25, -0.2) is 18.2 Å². The molecule has 0 spiro atoms. The lowest BCUT2D eigenvalue weighted by molar-refractivity contribution is -0.142. The first-order valence-electron chi connectivity index (χ1n) is 20.6. The first-order chi connectivity index (χ1) is 31.7. The van der Waals surface area contributed by atoms with Gasteiger partial charge in [-0.05, 0) is 101 Å². The molecule has 0 saturated heterocycles. The second-order valence-corrected chi connectivity index (χ2v) is 19.6. The maximum absolute atomic E-state index is 14.8. The molecule has 8 rings (SSSR count). The molecule has 0 fully saturated rings. The van der Waals surface area contributed by atoms with Crippen molar-refractivity contribution in [2.75, 3.05) is 25.1 Å². The Bertz CT molecular complexity index is 2960. The normalized spacial score (nSPS) is 16.0. The van der Waals surface area contributed by atoms with Gasteiger partial charge in [-0.3, -0.25) is 9.59 Å². The fraction of sp³-hybridized carbons (Fsp3) is 0.229. The number of ketones is 1. The number of hydrogen-bond donors (Lipinski definition) is 2. The number of thiazole rings is 1. The molecule has 0 bridgehead atoms. The summed E-state index contributed by atoms with van der Waals surface area (Å²) in [5, 5.41) is 23.0. The van der Waals surface area contributed by atoms with Gasteiger partial charge in [0.2, 0.25) is 5.91 Å². The van der Waals surface area contributed by atoms with Crippen molar-refractivity contribution in [3.8, 4) is 34.4 Å². The van der Waals surface area contributed by atoms with Gasteiger partial charge in [-0.1, -0.05) is 77.8 Å². The molecule has 0 aliphatic carbocycles. The number of Topliss-reactive ketones (excluding diaryl/α,β-unsaturated/α-hetero) is 1. The third-order valence-electron chi connectivity index (χ3n) is 11.2. The van der Waals surface area contributed by atoms with Crippen LogP contribution in [0, 0.1) is 11.3 Å². The van der Waals surface area contributed by atoms with Crippen LogP contribution in [0.25, 0.3) is 11.1 Å². The molecule has 3 unspecified atom stereocenters. The summed E-state index contributed by atoms with van der Waals surface area (Å²) < 4.78 is 49.0. The Labute approximate surface area is 394 Å². The van der Waals surface area contributed by atoms with Gasteiger partial charge in [-0.15, -0.1) is 11.3 Å². The van der Waals surface area contributed by atoms with E-state index < -0.39 is 40.1 Å². The van der Waals surface area contributed by atoms with E-state index in [-0.39, 0.29) is 55.0 Å². The number of aromatic nitrogens is 1. The number of hydrogen-bond acceptors (Lipinski definition) is 12. The first-order valence-corrected chi connectivity index (χ1v) is 23.6. The summed E-state index contributed by atoms with van der Waals surface area (Å²) in [6, 6.07) is 29.6. The minimum atomic E-state index is -4.51. The number of anilines is 1. The van der Waals surface area contributed by atoms with E-state index in [4.69, 9.17) is 42.7 Å². The third kappa shape index (κ3) is 10.2. The number of likely N-dealkylation sites (N-methyl/N-ethyl adjacent to an activating group) is 1. The van der Waals surface area contributed by atoms with Crippen LogP contribution in [0.3, 0.4) is 0 Å². The minimum Gasteiger partial charge on any atom is -0.489 e. The van der Waals surface area contributed by atoms with Gasteiger partial charge in [0, 0.05) is 20.0 Å². The van der Waals surface area contributed by atoms with Gasteiger partial charge in [0.15, 0.2) is 27.6 Å². The van der Waals surface area contributed by atoms with E-state index >= 15 is 0 Å². The molecule has 338 valence electrons. The molecule has 6 aromatic rings. The fourth-order valence-corrected chi connectivity index (χ4v) is 11.0. The number of carbonyl (C=O) groups is 3. The molecule has 14 nitrogen and oxygen atoms in total. The highest BCUT2D eigenvalue weighted by atomic mass is 35.5. The molecule has 3 heterocycles. The van der Waals surface area contributed by atoms with Crippen molar-refractivity contribution in [1.29, 1.82) is 5.26 Å². The lowest BCUT2D eigenvalue weighted by Gasteiger charge is -2.36. The summed E-state index contributed by atoms with van der Waals surface area (Å²) in [4.78, 5) is 44.8. The number of fused-ring (bicyclic) bond motifs is 2. The van der Waals surface area contributed by atoms with Gasteiger partial charge in [0.1, 0.15) is 36.8 Å². The Kier molecular flexibility index (Phi) is 13.6. The molecule has 1 aromatic heterocycles. The van der Waals surface area contributed by atoms with Crippen molar-refractivity contribution in [3.05, 3.63) is 152 Å². The van der Waals surface area contributed by atoms with E-state index in [1.165, 1.54) is 17.3 Å². The number of nitrogens with zero attached hydrogens (tertiary/aromatic N) is 4. The summed E-state index contributed by atoms with van der Waals surface area (Å²) in [7, 11) is -2.96. The number of rotatable bonds is 15. The number of halogens is 2. The Morgan fingerprint density at radius 3 is 2.30 bits per heavy atom. The molecular formula is C48H41Cl2N5O9S2. The van der Waals surface area contributed by atoms with E-state index in [1.54, 1.807) is 55.6 Å². The maximum Gasteiger partial charge on any atom is 0.326 e. The number of amides is 1. The summed E-state index contributed by atoms with van der Waals surface area (Å²) >= 11 is 13.0. The molecule has 0 saturated carbocycles. The molecule has 5 aromatic carbocycles. The van der Waals surface area contributed by atoms with Crippen LogP contribution in [0.1, 0.15) is 46.4 Å². The van der Waals surface area contributed by atoms with Crippen molar-refractivity contribution >= 4 is 68.0 Å². The molecule has 2 aliphatic rings. The zero-order chi connectivity index (χ0) is 46.7. The number of benzene rings is 5. The van der Waals surface area contributed by atoms with Crippen LogP contribution in [0.4, 0.5) is 5.82 Å². The first kappa shape index (κ1) is 46.1. The number of nitrogens with one attached hydrogen (secondary N) is 1. The van der Waals surface area contributed by atoms with E-state index in [1.807, 2.05) is 54.6 Å². The third-order valence-corrected chi connectivity index (χ3v) is 15.1. The Hall–Kier alpha value is -6.48. The number of nitriles is 1. The van der Waals surface area contributed by atoms with E-state index in [9.17, 15) is 27.9 Å². The van der Waals surface area contributed by atoms with Crippen molar-refractivity contribution in [2.45, 2.75) is 55.3 Å². The minimum absolute atomic E-state index is 0.0452. The van der Waals surface area contributed by atoms with Gasteiger partial charge in [0.05, 0.1) is 33.7 Å². The number of carboxylic acids is 1. The highest BCUT2D eigenvalue weighted by molar-refractivity contribution is 7.91. The Morgan fingerprint density at radius 1 is 0.955 bits per heavy atom. The van der Waals surface area contributed by atoms with E-state index in [0.717, 1.165) is 37.9 Å². The highest BCUT2D eigenvalue weighted by Gasteiger charge is 2.43.